The zero-order valence-electron chi connectivity index (χ0n) is 12.9. The fourth-order valence-corrected chi connectivity index (χ4v) is 3.40. The van der Waals surface area contributed by atoms with Crippen molar-refractivity contribution in [3.8, 4) is 5.75 Å². The van der Waals surface area contributed by atoms with E-state index in [-0.39, 0.29) is 10.3 Å². The van der Waals surface area contributed by atoms with Gasteiger partial charge in [-0.2, -0.15) is 0 Å². The molecule has 1 fully saturated rings. The first-order valence-electron chi connectivity index (χ1n) is 7.27. The molecule has 0 aromatic heterocycles. The fourth-order valence-electron chi connectivity index (χ4n) is 2.05. The van der Waals surface area contributed by atoms with Gasteiger partial charge in [0, 0.05) is 13.1 Å². The highest BCUT2D eigenvalue weighted by Crippen LogP contribution is 2.44. The van der Waals surface area contributed by atoms with E-state index in [2.05, 4.69) is 17.0 Å². The van der Waals surface area contributed by atoms with Crippen LogP contribution < -0.4 is 14.8 Å². The molecular weight excluding hydrogens is 288 g/mol. The van der Waals surface area contributed by atoms with Crippen molar-refractivity contribution in [3.05, 3.63) is 23.8 Å². The third-order valence-electron chi connectivity index (χ3n) is 3.89. The number of benzene rings is 1. The second-order valence-electron chi connectivity index (χ2n) is 5.90. The number of hydrogen-bond donors (Lipinski definition) is 2. The highest BCUT2D eigenvalue weighted by Gasteiger charge is 2.38. The molecular formula is C15H24N2O3S. The smallest absolute Gasteiger partial charge is 0.244 e. The number of hydrogen-bond acceptors (Lipinski definition) is 4. The van der Waals surface area contributed by atoms with Gasteiger partial charge in [0.15, 0.2) is 0 Å². The van der Waals surface area contributed by atoms with Crippen LogP contribution in [0.4, 0.5) is 0 Å². The summed E-state index contributed by atoms with van der Waals surface area (Å²) in [5.41, 5.74) is 1.13. The summed E-state index contributed by atoms with van der Waals surface area (Å²) in [5, 5.41) is 3.21. The van der Waals surface area contributed by atoms with Gasteiger partial charge in [-0.25, -0.2) is 13.1 Å². The summed E-state index contributed by atoms with van der Waals surface area (Å²) in [6, 6.07) is 5.21. The topological polar surface area (TPSA) is 67.4 Å². The van der Waals surface area contributed by atoms with Crippen molar-refractivity contribution >= 4 is 10.0 Å². The van der Waals surface area contributed by atoms with Crippen LogP contribution in [0.2, 0.25) is 0 Å². The predicted molar refractivity (Wildman–Crippen MR) is 82.9 cm³/mol. The maximum absolute atomic E-state index is 12.4. The van der Waals surface area contributed by atoms with Crippen molar-refractivity contribution in [1.82, 2.24) is 10.0 Å². The maximum Gasteiger partial charge on any atom is 0.244 e. The van der Waals surface area contributed by atoms with Gasteiger partial charge < -0.3 is 10.1 Å². The summed E-state index contributed by atoms with van der Waals surface area (Å²) in [7, 11) is -2.04. The molecule has 0 amide bonds. The van der Waals surface area contributed by atoms with Crippen LogP contribution in [0, 0.1) is 5.41 Å². The second-order valence-corrected chi connectivity index (χ2v) is 7.64. The Kier molecular flexibility index (Phi) is 4.91. The summed E-state index contributed by atoms with van der Waals surface area (Å²) in [5.74, 6) is 0.388. The van der Waals surface area contributed by atoms with Crippen LogP contribution in [0.5, 0.6) is 5.75 Å². The summed E-state index contributed by atoms with van der Waals surface area (Å²) >= 11 is 0. The molecule has 6 heteroatoms. The van der Waals surface area contributed by atoms with Gasteiger partial charge in [-0.3, -0.25) is 0 Å². The minimum absolute atomic E-state index is 0.130. The van der Waals surface area contributed by atoms with Gasteiger partial charge >= 0.3 is 0 Å². The lowest BCUT2D eigenvalue weighted by molar-refractivity contribution is 0.401. The molecule has 118 valence electrons. The minimum atomic E-state index is -3.53. The second kappa shape index (κ2) is 6.34. The lowest BCUT2D eigenvalue weighted by Crippen LogP contribution is -2.29. The lowest BCUT2D eigenvalue weighted by atomic mass is 10.2. The van der Waals surface area contributed by atoms with Crippen LogP contribution in [0.3, 0.4) is 0 Å². The summed E-state index contributed by atoms with van der Waals surface area (Å²) in [6.45, 7) is 6.16. The van der Waals surface area contributed by atoms with E-state index in [1.54, 1.807) is 12.1 Å². The van der Waals surface area contributed by atoms with Crippen molar-refractivity contribution in [2.24, 2.45) is 5.41 Å². The van der Waals surface area contributed by atoms with Gasteiger partial charge in [-0.05, 0) is 42.5 Å². The molecule has 0 spiro atoms. The normalized spacial score (nSPS) is 16.7. The number of ether oxygens (including phenoxy) is 1. The van der Waals surface area contributed by atoms with Crippen molar-refractivity contribution in [2.45, 2.75) is 38.1 Å². The molecule has 5 nitrogen and oxygen atoms in total. The molecule has 0 bridgehead atoms. The first-order chi connectivity index (χ1) is 9.90. The van der Waals surface area contributed by atoms with Gasteiger partial charge in [0.05, 0.1) is 7.11 Å². The molecule has 0 radical (unpaired) electrons. The first kappa shape index (κ1) is 16.3. The minimum Gasteiger partial charge on any atom is -0.495 e. The molecule has 1 aromatic rings. The van der Waals surface area contributed by atoms with E-state index >= 15 is 0 Å². The molecule has 1 aromatic carbocycles. The van der Waals surface area contributed by atoms with E-state index in [0.29, 0.717) is 18.8 Å². The average molecular weight is 312 g/mol. The Morgan fingerprint density at radius 3 is 2.62 bits per heavy atom. The third kappa shape index (κ3) is 4.18. The molecule has 2 N–H and O–H groups in total. The van der Waals surface area contributed by atoms with E-state index in [1.165, 1.54) is 7.11 Å². The Hall–Kier alpha value is -1.11. The molecule has 0 saturated heterocycles. The molecule has 1 aliphatic carbocycles. The number of sulfonamides is 1. The molecule has 0 atom stereocenters. The molecule has 1 saturated carbocycles. The van der Waals surface area contributed by atoms with Crippen molar-refractivity contribution in [1.29, 1.82) is 0 Å². The third-order valence-corrected chi connectivity index (χ3v) is 5.33. The SMILES string of the molecule is CCNCc1ccc(S(=O)(=O)NCC2(C)CC2)c(OC)c1. The molecule has 21 heavy (non-hydrogen) atoms. The molecule has 1 aliphatic rings. The number of methoxy groups -OCH3 is 1. The van der Waals surface area contributed by atoms with Crippen molar-refractivity contribution in [2.75, 3.05) is 20.2 Å². The Bertz CT molecular complexity index is 595. The van der Waals surface area contributed by atoms with Crippen LogP contribution in [-0.4, -0.2) is 28.6 Å². The Morgan fingerprint density at radius 2 is 2.05 bits per heavy atom. The van der Waals surface area contributed by atoms with Crippen LogP contribution >= 0.6 is 0 Å². The Morgan fingerprint density at radius 1 is 1.33 bits per heavy atom. The van der Waals surface area contributed by atoms with E-state index in [4.69, 9.17) is 4.74 Å². The Labute approximate surface area is 127 Å². The van der Waals surface area contributed by atoms with Crippen molar-refractivity contribution in [3.63, 3.8) is 0 Å². The van der Waals surface area contributed by atoms with E-state index in [9.17, 15) is 8.42 Å². The van der Waals surface area contributed by atoms with E-state index in [1.807, 2.05) is 13.0 Å². The largest absolute Gasteiger partial charge is 0.495 e. The standard InChI is InChI=1S/C15H24N2O3S/c1-4-16-10-12-5-6-14(13(9-12)20-3)21(18,19)17-11-15(2)7-8-15/h5-6,9,16-17H,4,7-8,10-11H2,1-3H3. The summed E-state index contributed by atoms with van der Waals surface area (Å²) in [6.07, 6.45) is 2.16. The lowest BCUT2D eigenvalue weighted by Gasteiger charge is -2.14. The molecule has 0 heterocycles. The van der Waals surface area contributed by atoms with E-state index in [0.717, 1.165) is 24.9 Å². The number of nitrogens with one attached hydrogen (secondary N) is 2. The van der Waals surface area contributed by atoms with Crippen molar-refractivity contribution < 1.29 is 13.2 Å². The first-order valence-corrected chi connectivity index (χ1v) is 8.76. The number of rotatable bonds is 8. The van der Waals surface area contributed by atoms with Crippen LogP contribution in [-0.2, 0) is 16.6 Å². The average Bonchev–Trinajstić information content (AvgIpc) is 3.21. The highest BCUT2D eigenvalue weighted by atomic mass is 32.2. The summed E-state index contributed by atoms with van der Waals surface area (Å²) < 4.78 is 32.8. The zero-order chi connectivity index (χ0) is 15.5. The maximum atomic E-state index is 12.4. The monoisotopic (exact) mass is 312 g/mol. The van der Waals surface area contributed by atoms with Gasteiger partial charge in [0.1, 0.15) is 10.6 Å². The molecule has 0 aliphatic heterocycles. The van der Waals surface area contributed by atoms with Crippen LogP contribution in [0.15, 0.2) is 23.1 Å². The molecule has 0 unspecified atom stereocenters. The van der Waals surface area contributed by atoms with Gasteiger partial charge in [-0.1, -0.05) is 19.9 Å². The zero-order valence-corrected chi connectivity index (χ0v) is 13.7. The van der Waals surface area contributed by atoms with Crippen LogP contribution in [0.1, 0.15) is 32.3 Å². The predicted octanol–water partition coefficient (Wildman–Crippen LogP) is 1.88. The van der Waals surface area contributed by atoms with Gasteiger partial charge in [0.25, 0.3) is 0 Å². The van der Waals surface area contributed by atoms with E-state index < -0.39 is 10.0 Å². The molecule has 2 rings (SSSR count). The fraction of sp³-hybridized carbons (Fsp3) is 0.600. The highest BCUT2D eigenvalue weighted by molar-refractivity contribution is 7.89. The van der Waals surface area contributed by atoms with Crippen LogP contribution in [0.25, 0.3) is 0 Å². The Balaban J connectivity index is 2.16. The quantitative estimate of drug-likeness (QED) is 0.769. The summed E-state index contributed by atoms with van der Waals surface area (Å²) in [4.78, 5) is 0.203. The van der Waals surface area contributed by atoms with Gasteiger partial charge in [-0.15, -0.1) is 0 Å². The van der Waals surface area contributed by atoms with Gasteiger partial charge in [0.2, 0.25) is 10.0 Å².